The van der Waals surface area contributed by atoms with Crippen molar-refractivity contribution in [2.75, 3.05) is 6.54 Å². The molecule has 1 heterocycles. The van der Waals surface area contributed by atoms with Crippen LogP contribution in [0.5, 0.6) is 0 Å². The van der Waals surface area contributed by atoms with E-state index in [1.165, 1.54) is 23.1 Å². The van der Waals surface area contributed by atoms with Crippen molar-refractivity contribution in [3.8, 4) is 0 Å². The molecular formula is C22H21ClF3N. The van der Waals surface area contributed by atoms with Crippen molar-refractivity contribution < 1.29 is 13.2 Å². The van der Waals surface area contributed by atoms with E-state index in [0.717, 1.165) is 5.56 Å². The smallest absolute Gasteiger partial charge is 0.256 e. The Morgan fingerprint density at radius 1 is 1.00 bits per heavy atom. The van der Waals surface area contributed by atoms with Gasteiger partial charge in [0, 0.05) is 11.3 Å². The Kier molecular flexibility index (Phi) is 7.31. The molecule has 2 aromatic carbocycles. The SMILES string of the molecule is C=C1C=CC(c2ccccc2)=C(c2c(F)cccc2Cl)N1CC(F)F.CC. The highest BCUT2D eigenvalue weighted by molar-refractivity contribution is 6.32. The van der Waals surface area contributed by atoms with Crippen LogP contribution in [-0.2, 0) is 0 Å². The highest BCUT2D eigenvalue weighted by Crippen LogP contribution is 2.40. The summed E-state index contributed by atoms with van der Waals surface area (Å²) in [5.41, 5.74) is 2.13. The molecule has 0 fully saturated rings. The summed E-state index contributed by atoms with van der Waals surface area (Å²) in [7, 11) is 0. The number of rotatable bonds is 4. The van der Waals surface area contributed by atoms with Crippen molar-refractivity contribution in [1.82, 2.24) is 4.90 Å². The summed E-state index contributed by atoms with van der Waals surface area (Å²) in [6.07, 6.45) is 0.779. The molecule has 0 unspecified atom stereocenters. The molecule has 1 aliphatic heterocycles. The number of allylic oxidation sites excluding steroid dienone is 3. The molecule has 27 heavy (non-hydrogen) atoms. The third-order valence-corrected chi connectivity index (χ3v) is 4.23. The van der Waals surface area contributed by atoms with Gasteiger partial charge in [-0.3, -0.25) is 0 Å². The molecule has 2 aromatic rings. The summed E-state index contributed by atoms with van der Waals surface area (Å²) >= 11 is 6.22. The van der Waals surface area contributed by atoms with Gasteiger partial charge in [-0.25, -0.2) is 13.2 Å². The van der Waals surface area contributed by atoms with Crippen LogP contribution in [-0.4, -0.2) is 17.9 Å². The van der Waals surface area contributed by atoms with Crippen molar-refractivity contribution in [3.05, 3.63) is 94.9 Å². The maximum Gasteiger partial charge on any atom is 0.256 e. The fourth-order valence-corrected chi connectivity index (χ4v) is 3.08. The second-order valence-electron chi connectivity index (χ2n) is 5.55. The summed E-state index contributed by atoms with van der Waals surface area (Å²) < 4.78 is 40.9. The second-order valence-corrected chi connectivity index (χ2v) is 5.96. The monoisotopic (exact) mass is 391 g/mol. The molecule has 0 saturated carbocycles. The standard InChI is InChI=1S/C20H15ClF3N.C2H6/c1-13-10-11-15(14-6-3-2-4-7-14)20(25(13)12-18(23)24)19-16(21)8-5-9-17(19)22;1-2/h2-11,18H,1,12H2;1-2H3. The number of alkyl halides is 2. The van der Waals surface area contributed by atoms with Crippen molar-refractivity contribution in [2.24, 2.45) is 0 Å². The van der Waals surface area contributed by atoms with E-state index in [4.69, 9.17) is 11.6 Å². The zero-order valence-electron chi connectivity index (χ0n) is 15.2. The molecule has 1 nitrogen and oxygen atoms in total. The Morgan fingerprint density at radius 2 is 1.67 bits per heavy atom. The largest absolute Gasteiger partial charge is 0.335 e. The molecule has 142 valence electrons. The van der Waals surface area contributed by atoms with E-state index in [1.807, 2.05) is 44.2 Å². The third-order valence-electron chi connectivity index (χ3n) is 3.92. The van der Waals surface area contributed by atoms with Crippen molar-refractivity contribution in [3.63, 3.8) is 0 Å². The van der Waals surface area contributed by atoms with E-state index in [1.54, 1.807) is 12.2 Å². The average molecular weight is 392 g/mol. The number of nitrogens with zero attached hydrogens (tertiary/aromatic N) is 1. The first-order chi connectivity index (χ1) is 13.0. The van der Waals surface area contributed by atoms with Crippen LogP contribution in [0.25, 0.3) is 11.3 Å². The Morgan fingerprint density at radius 3 is 2.26 bits per heavy atom. The lowest BCUT2D eigenvalue weighted by Gasteiger charge is -2.33. The highest BCUT2D eigenvalue weighted by atomic mass is 35.5. The van der Waals surface area contributed by atoms with Crippen molar-refractivity contribution >= 4 is 22.9 Å². The van der Waals surface area contributed by atoms with E-state index in [0.29, 0.717) is 17.0 Å². The molecular weight excluding hydrogens is 371 g/mol. The summed E-state index contributed by atoms with van der Waals surface area (Å²) in [5.74, 6) is -0.571. The molecule has 0 N–H and O–H groups in total. The van der Waals surface area contributed by atoms with Gasteiger partial charge in [0.05, 0.1) is 22.8 Å². The molecule has 1 aliphatic rings. The topological polar surface area (TPSA) is 3.24 Å². The minimum atomic E-state index is -2.61. The molecule has 0 bridgehead atoms. The number of hydrogen-bond acceptors (Lipinski definition) is 1. The maximum absolute atomic E-state index is 14.6. The molecule has 5 heteroatoms. The lowest BCUT2D eigenvalue weighted by molar-refractivity contribution is 0.123. The molecule has 0 atom stereocenters. The van der Waals surface area contributed by atoms with Crippen LogP contribution in [0.2, 0.25) is 5.02 Å². The predicted molar refractivity (Wildman–Crippen MR) is 107 cm³/mol. The Hall–Kier alpha value is -2.46. The van der Waals surface area contributed by atoms with Crippen LogP contribution >= 0.6 is 11.6 Å². The third kappa shape index (κ3) is 4.64. The second kappa shape index (κ2) is 9.47. The van der Waals surface area contributed by atoms with Crippen molar-refractivity contribution in [1.29, 1.82) is 0 Å². The van der Waals surface area contributed by atoms with Gasteiger partial charge in [-0.1, -0.05) is 74.5 Å². The molecule has 0 aromatic heterocycles. The van der Waals surface area contributed by atoms with E-state index in [9.17, 15) is 13.2 Å². The van der Waals surface area contributed by atoms with Crippen molar-refractivity contribution in [2.45, 2.75) is 20.3 Å². The van der Waals surface area contributed by atoms with Crippen LogP contribution in [0.4, 0.5) is 13.2 Å². The lowest BCUT2D eigenvalue weighted by atomic mass is 9.94. The minimum absolute atomic E-state index is 0.0918. The van der Waals surface area contributed by atoms with Gasteiger partial charge >= 0.3 is 0 Å². The molecule has 0 radical (unpaired) electrons. The van der Waals surface area contributed by atoms with E-state index in [-0.39, 0.29) is 10.6 Å². The average Bonchev–Trinajstić information content (AvgIpc) is 2.66. The quantitative estimate of drug-likeness (QED) is 0.541. The van der Waals surface area contributed by atoms with Gasteiger partial charge in [-0.05, 0) is 23.8 Å². The van der Waals surface area contributed by atoms with Crippen LogP contribution in [0, 0.1) is 5.82 Å². The van der Waals surface area contributed by atoms with E-state index in [2.05, 4.69) is 6.58 Å². The highest BCUT2D eigenvalue weighted by Gasteiger charge is 2.27. The Balaban J connectivity index is 0.00000126. The molecule has 0 aliphatic carbocycles. The zero-order chi connectivity index (χ0) is 20.0. The number of benzene rings is 2. The Labute approximate surface area is 163 Å². The zero-order valence-corrected chi connectivity index (χ0v) is 16.0. The molecule has 0 amide bonds. The van der Waals surface area contributed by atoms with Gasteiger partial charge in [0.2, 0.25) is 0 Å². The summed E-state index contributed by atoms with van der Waals surface area (Å²) in [6.45, 7) is 7.22. The number of hydrogen-bond donors (Lipinski definition) is 0. The summed E-state index contributed by atoms with van der Waals surface area (Å²) in [5, 5.41) is 0.158. The van der Waals surface area contributed by atoms with Crippen LogP contribution in [0.1, 0.15) is 25.0 Å². The molecule has 3 rings (SSSR count). The number of halogens is 4. The predicted octanol–water partition coefficient (Wildman–Crippen LogP) is 7.02. The van der Waals surface area contributed by atoms with E-state index < -0.39 is 18.8 Å². The van der Waals surface area contributed by atoms with Gasteiger partial charge in [-0.2, -0.15) is 0 Å². The van der Waals surface area contributed by atoms with Gasteiger partial charge in [0.25, 0.3) is 6.43 Å². The summed E-state index contributed by atoms with van der Waals surface area (Å²) in [6, 6.07) is 13.5. The fraction of sp³-hybridized carbons (Fsp3) is 0.182. The van der Waals surface area contributed by atoms with Gasteiger partial charge in [0.1, 0.15) is 5.82 Å². The van der Waals surface area contributed by atoms with Gasteiger partial charge in [0.15, 0.2) is 0 Å². The fourth-order valence-electron chi connectivity index (χ4n) is 2.83. The molecule has 0 saturated heterocycles. The molecule has 0 spiro atoms. The first kappa shape index (κ1) is 20.8. The first-order valence-electron chi connectivity index (χ1n) is 8.66. The lowest BCUT2D eigenvalue weighted by Crippen LogP contribution is -2.29. The first-order valence-corrected chi connectivity index (χ1v) is 9.03. The van der Waals surface area contributed by atoms with Crippen LogP contribution in [0.3, 0.4) is 0 Å². The maximum atomic E-state index is 14.6. The van der Waals surface area contributed by atoms with Gasteiger partial charge < -0.3 is 4.90 Å². The van der Waals surface area contributed by atoms with Crippen LogP contribution in [0.15, 0.2) is 73.0 Å². The van der Waals surface area contributed by atoms with Gasteiger partial charge in [-0.15, -0.1) is 0 Å². The minimum Gasteiger partial charge on any atom is -0.335 e. The summed E-state index contributed by atoms with van der Waals surface area (Å²) in [4.78, 5) is 1.32. The normalized spacial score (nSPS) is 13.7. The van der Waals surface area contributed by atoms with E-state index >= 15 is 0 Å². The van der Waals surface area contributed by atoms with Crippen LogP contribution < -0.4 is 0 Å². The Bertz CT molecular complexity index is 837.